The van der Waals surface area contributed by atoms with E-state index in [9.17, 15) is 22.8 Å². The predicted molar refractivity (Wildman–Crippen MR) is 194 cm³/mol. The third-order valence-corrected chi connectivity index (χ3v) is 13.8. The molecule has 5 atom stereocenters. The summed E-state index contributed by atoms with van der Waals surface area (Å²) in [7, 11) is -2.33. The van der Waals surface area contributed by atoms with Crippen LogP contribution in [0.4, 0.5) is 0 Å². The van der Waals surface area contributed by atoms with Gasteiger partial charge < -0.3 is 25.0 Å². The molecule has 51 heavy (non-hydrogen) atoms. The smallest absolute Gasteiger partial charge is 0.274 e. The molecule has 12 nitrogen and oxygen atoms in total. The van der Waals surface area contributed by atoms with Gasteiger partial charge in [0.25, 0.3) is 11.1 Å². The van der Waals surface area contributed by atoms with Crippen LogP contribution in [0.3, 0.4) is 0 Å². The molecule has 1 aromatic heterocycles. The third-order valence-electron chi connectivity index (χ3n) is 10.7. The summed E-state index contributed by atoms with van der Waals surface area (Å²) >= 11 is 1.36. The fourth-order valence-corrected chi connectivity index (χ4v) is 9.26. The van der Waals surface area contributed by atoms with Gasteiger partial charge in [-0.2, -0.15) is 0 Å². The molecule has 0 spiro atoms. The number of thiazole rings is 1. The quantitative estimate of drug-likeness (QED) is 0.274. The normalized spacial score (nSPS) is 28.4. The van der Waals surface area contributed by atoms with Crippen molar-refractivity contribution in [2.75, 3.05) is 13.7 Å². The highest BCUT2D eigenvalue weighted by molar-refractivity contribution is 7.91. The molecule has 3 N–H and O–H groups in total. The molecule has 3 heterocycles. The first kappa shape index (κ1) is 35.4. The summed E-state index contributed by atoms with van der Waals surface area (Å²) in [6, 6.07) is 13.9. The zero-order valence-electron chi connectivity index (χ0n) is 28.9. The number of hydrogen-bond donors (Lipinski definition) is 3. The molecule has 7 rings (SSSR count). The molecular weight excluding hydrogens is 691 g/mol. The van der Waals surface area contributed by atoms with Crippen molar-refractivity contribution in [1.82, 2.24) is 25.2 Å². The second kappa shape index (κ2) is 14.2. The minimum absolute atomic E-state index is 0.148. The Labute approximate surface area is 302 Å². The average molecular weight is 736 g/mol. The highest BCUT2D eigenvalue weighted by Crippen LogP contribution is 2.47. The van der Waals surface area contributed by atoms with Crippen LogP contribution in [-0.2, 0) is 31.0 Å². The fourth-order valence-electron chi connectivity index (χ4n) is 7.04. The zero-order valence-corrected chi connectivity index (χ0v) is 30.6. The van der Waals surface area contributed by atoms with Gasteiger partial charge in [-0.05, 0) is 69.2 Å². The van der Waals surface area contributed by atoms with Gasteiger partial charge >= 0.3 is 0 Å². The standard InChI is InChI=1S/C37H45N5O7S2/c1-36(17-18-36)51(46,47)41-34(45)37-21-25(37)13-9-4-3-5-10-14-29(38-22-24-11-7-6-8-12-24)33(44)42-23-27(19-30(42)32(43)40-37)49-35-39-28-16-15-26(48-2)20-31(28)50-35/h6-9,11-13,15-16,20,25,27,29-30,38H,3-5,10,14,17-19,21-23H2,1-2H3,(H,40,43)(H,41,45)/b13-9-/t25-,27+,29-,30-,37+/m0/s1. The number of carbonyl (C=O) groups excluding carboxylic acids is 3. The summed E-state index contributed by atoms with van der Waals surface area (Å²) in [6.45, 7) is 2.25. The summed E-state index contributed by atoms with van der Waals surface area (Å²) in [5, 5.41) is 6.83. The minimum atomic E-state index is -3.93. The van der Waals surface area contributed by atoms with Gasteiger partial charge in [0.1, 0.15) is 23.4 Å². The van der Waals surface area contributed by atoms with Crippen LogP contribution in [0, 0.1) is 5.92 Å². The molecule has 3 fully saturated rings. The number of aromatic nitrogens is 1. The summed E-state index contributed by atoms with van der Waals surface area (Å²) in [5.41, 5.74) is 0.355. The van der Waals surface area contributed by atoms with E-state index < -0.39 is 50.3 Å². The summed E-state index contributed by atoms with van der Waals surface area (Å²) in [5.74, 6) is -1.13. The van der Waals surface area contributed by atoms with Crippen LogP contribution in [0.25, 0.3) is 10.2 Å². The lowest BCUT2D eigenvalue weighted by atomic mass is 10.0. The Morgan fingerprint density at radius 1 is 1.12 bits per heavy atom. The number of carbonyl (C=O) groups is 3. The van der Waals surface area contributed by atoms with E-state index in [2.05, 4.69) is 20.3 Å². The number of methoxy groups -OCH3 is 1. The summed E-state index contributed by atoms with van der Waals surface area (Å²) in [6.07, 6.45) is 8.77. The Morgan fingerprint density at radius 2 is 1.92 bits per heavy atom. The number of hydrogen-bond acceptors (Lipinski definition) is 10. The van der Waals surface area contributed by atoms with Gasteiger partial charge in [-0.15, -0.1) is 0 Å². The van der Waals surface area contributed by atoms with Crippen molar-refractivity contribution in [3.8, 4) is 10.9 Å². The molecule has 14 heteroatoms. The van der Waals surface area contributed by atoms with E-state index in [-0.39, 0.29) is 31.2 Å². The zero-order chi connectivity index (χ0) is 35.8. The molecule has 2 aliphatic heterocycles. The monoisotopic (exact) mass is 735 g/mol. The Hall–Kier alpha value is -4.01. The van der Waals surface area contributed by atoms with Gasteiger partial charge in [0.05, 0.1) is 34.7 Å². The number of nitrogens with zero attached hydrogens (tertiary/aromatic N) is 2. The molecule has 3 amide bonds. The number of benzene rings is 2. The van der Waals surface area contributed by atoms with E-state index in [0.717, 1.165) is 41.5 Å². The average Bonchev–Trinajstić information content (AvgIpc) is 3.93. The van der Waals surface area contributed by atoms with Crippen molar-refractivity contribution >= 4 is 49.3 Å². The predicted octanol–water partition coefficient (Wildman–Crippen LogP) is 4.21. The van der Waals surface area contributed by atoms with E-state index in [1.807, 2.05) is 60.7 Å². The Balaban J connectivity index is 1.16. The SMILES string of the molecule is COc1ccc2nc(O[C@@H]3C[C@H]4C(=O)N[C@]5(C(=O)NS(=O)(=O)C6(C)CC6)C[C@@H]5/C=C\CCCCC[C@H](NCc5ccccc5)C(=O)N4C3)sc2c1. The largest absolute Gasteiger partial charge is 0.497 e. The van der Waals surface area contributed by atoms with Crippen LogP contribution in [-0.4, -0.2) is 78.2 Å². The first-order valence-electron chi connectivity index (χ1n) is 17.7. The van der Waals surface area contributed by atoms with Gasteiger partial charge in [-0.25, -0.2) is 13.4 Å². The molecule has 2 aliphatic carbocycles. The van der Waals surface area contributed by atoms with Crippen LogP contribution in [0.15, 0.2) is 60.7 Å². The Kier molecular flexibility index (Phi) is 9.85. The topological polar surface area (TPSA) is 156 Å². The second-order valence-electron chi connectivity index (χ2n) is 14.4. The molecule has 2 aromatic carbocycles. The summed E-state index contributed by atoms with van der Waals surface area (Å²) < 4.78 is 40.1. The van der Waals surface area contributed by atoms with Gasteiger partial charge in [0.15, 0.2) is 0 Å². The van der Waals surface area contributed by atoms with Crippen molar-refractivity contribution in [3.05, 3.63) is 66.2 Å². The molecule has 2 saturated carbocycles. The van der Waals surface area contributed by atoms with Gasteiger partial charge in [0, 0.05) is 18.9 Å². The van der Waals surface area contributed by atoms with E-state index in [1.165, 1.54) is 11.3 Å². The number of rotatable bonds is 9. The Bertz CT molecular complexity index is 1930. The Morgan fingerprint density at radius 3 is 2.69 bits per heavy atom. The molecule has 0 radical (unpaired) electrons. The third kappa shape index (κ3) is 7.49. The molecule has 3 aromatic rings. The second-order valence-corrected chi connectivity index (χ2v) is 17.6. The van der Waals surface area contributed by atoms with Crippen LogP contribution in [0.2, 0.25) is 0 Å². The molecule has 272 valence electrons. The van der Waals surface area contributed by atoms with Crippen LogP contribution in [0.5, 0.6) is 10.9 Å². The molecule has 0 unspecified atom stereocenters. The summed E-state index contributed by atoms with van der Waals surface area (Å²) in [4.78, 5) is 48.8. The lowest BCUT2D eigenvalue weighted by Gasteiger charge is -2.30. The van der Waals surface area contributed by atoms with Crippen molar-refractivity contribution in [1.29, 1.82) is 0 Å². The number of nitrogens with one attached hydrogen (secondary N) is 3. The number of ether oxygens (including phenoxy) is 2. The van der Waals surface area contributed by atoms with Crippen LogP contribution >= 0.6 is 11.3 Å². The van der Waals surface area contributed by atoms with Gasteiger partial charge in [0.2, 0.25) is 21.8 Å². The highest BCUT2D eigenvalue weighted by atomic mass is 32.2. The van der Waals surface area contributed by atoms with Crippen LogP contribution < -0.4 is 24.8 Å². The molecule has 1 saturated heterocycles. The number of sulfonamides is 1. The van der Waals surface area contributed by atoms with Crippen molar-refractivity contribution in [2.45, 2.75) is 99.7 Å². The van der Waals surface area contributed by atoms with Crippen molar-refractivity contribution in [2.24, 2.45) is 5.92 Å². The van der Waals surface area contributed by atoms with Crippen molar-refractivity contribution < 1.29 is 32.3 Å². The lowest BCUT2D eigenvalue weighted by Crippen LogP contribution is -2.58. The van der Waals surface area contributed by atoms with E-state index in [0.29, 0.717) is 36.8 Å². The van der Waals surface area contributed by atoms with E-state index >= 15 is 0 Å². The van der Waals surface area contributed by atoms with Crippen molar-refractivity contribution in [3.63, 3.8) is 0 Å². The van der Waals surface area contributed by atoms with Crippen LogP contribution in [0.1, 0.15) is 70.3 Å². The van der Waals surface area contributed by atoms with E-state index in [4.69, 9.17) is 9.47 Å². The van der Waals surface area contributed by atoms with E-state index in [1.54, 1.807) is 18.9 Å². The maximum absolute atomic E-state index is 14.5. The first-order valence-corrected chi connectivity index (χ1v) is 20.0. The fraction of sp³-hybridized carbons (Fsp3) is 0.514. The van der Waals surface area contributed by atoms with Gasteiger partial charge in [-0.3, -0.25) is 19.1 Å². The molecule has 0 bridgehead atoms. The number of fused-ring (bicyclic) bond motifs is 3. The number of amides is 3. The first-order chi connectivity index (χ1) is 24.5. The minimum Gasteiger partial charge on any atom is -0.497 e. The van der Waals surface area contributed by atoms with Gasteiger partial charge in [-0.1, -0.05) is 66.7 Å². The lowest BCUT2D eigenvalue weighted by molar-refractivity contribution is -0.141. The number of allylic oxidation sites excluding steroid dienone is 1. The maximum atomic E-state index is 14.5. The maximum Gasteiger partial charge on any atom is 0.274 e. The molecular formula is C37H45N5O7S2. The molecule has 4 aliphatic rings. The highest BCUT2D eigenvalue weighted by Gasteiger charge is 2.63.